The smallest absolute Gasteiger partial charge is 0.233 e. The Morgan fingerprint density at radius 2 is 2.22 bits per heavy atom. The second-order valence-corrected chi connectivity index (χ2v) is 2.49. The lowest BCUT2D eigenvalue weighted by atomic mass is 10.2. The minimum absolute atomic E-state index is 0.0926. The molecule has 0 radical (unpaired) electrons. The Morgan fingerprint density at radius 1 is 1.67 bits per heavy atom. The summed E-state index contributed by atoms with van der Waals surface area (Å²) in [5.41, 5.74) is 1.06. The SMILES string of the molecule is CC1=CC(C)C(=O)N1C. The summed E-state index contributed by atoms with van der Waals surface area (Å²) in [5.74, 6) is 0.294. The van der Waals surface area contributed by atoms with E-state index < -0.39 is 0 Å². The predicted molar refractivity (Wildman–Crippen MR) is 35.7 cm³/mol. The zero-order valence-electron chi connectivity index (χ0n) is 6.01. The first kappa shape index (κ1) is 6.33. The molecule has 0 aromatic carbocycles. The van der Waals surface area contributed by atoms with Crippen LogP contribution in [0.3, 0.4) is 0 Å². The number of amides is 1. The zero-order valence-corrected chi connectivity index (χ0v) is 6.01. The molecule has 0 fully saturated rings. The average molecular weight is 125 g/mol. The van der Waals surface area contributed by atoms with E-state index in [1.54, 1.807) is 11.9 Å². The summed E-state index contributed by atoms with van der Waals surface area (Å²) >= 11 is 0. The summed E-state index contributed by atoms with van der Waals surface area (Å²) in [5, 5.41) is 0. The maximum atomic E-state index is 11.0. The van der Waals surface area contributed by atoms with Gasteiger partial charge >= 0.3 is 0 Å². The van der Waals surface area contributed by atoms with Crippen LogP contribution in [0.2, 0.25) is 0 Å². The summed E-state index contributed by atoms with van der Waals surface area (Å²) in [6.45, 7) is 3.86. The standard InChI is InChI=1S/C7H11NO/c1-5-4-6(2)8(3)7(5)9/h4-5H,1-3H3. The van der Waals surface area contributed by atoms with Gasteiger partial charge in [0.05, 0.1) is 5.92 Å². The lowest BCUT2D eigenvalue weighted by Gasteiger charge is -2.10. The Labute approximate surface area is 55.2 Å². The number of carbonyl (C=O) groups is 1. The molecular weight excluding hydrogens is 114 g/mol. The molecule has 50 valence electrons. The monoisotopic (exact) mass is 125 g/mol. The summed E-state index contributed by atoms with van der Waals surface area (Å²) in [7, 11) is 1.80. The Balaban J connectivity index is 2.82. The molecule has 1 heterocycles. The summed E-state index contributed by atoms with van der Waals surface area (Å²) in [6, 6.07) is 0. The van der Waals surface area contributed by atoms with E-state index in [1.807, 2.05) is 19.9 Å². The van der Waals surface area contributed by atoms with Gasteiger partial charge in [0, 0.05) is 12.7 Å². The fourth-order valence-corrected chi connectivity index (χ4v) is 1.02. The molecule has 0 spiro atoms. The molecule has 1 unspecified atom stereocenters. The normalized spacial score (nSPS) is 27.0. The van der Waals surface area contributed by atoms with Crippen LogP contribution >= 0.6 is 0 Å². The topological polar surface area (TPSA) is 20.3 Å². The molecule has 1 aliphatic rings. The van der Waals surface area contributed by atoms with E-state index in [4.69, 9.17) is 0 Å². The van der Waals surface area contributed by atoms with Crippen molar-refractivity contribution < 1.29 is 4.79 Å². The van der Waals surface area contributed by atoms with Gasteiger partial charge in [-0.1, -0.05) is 13.0 Å². The van der Waals surface area contributed by atoms with E-state index in [-0.39, 0.29) is 11.8 Å². The van der Waals surface area contributed by atoms with E-state index in [0.29, 0.717) is 0 Å². The van der Waals surface area contributed by atoms with Gasteiger partial charge in [-0.15, -0.1) is 0 Å². The highest BCUT2D eigenvalue weighted by Gasteiger charge is 2.22. The molecule has 0 saturated heterocycles. The molecule has 1 atom stereocenters. The van der Waals surface area contributed by atoms with Crippen molar-refractivity contribution in [3.8, 4) is 0 Å². The van der Waals surface area contributed by atoms with Crippen molar-refractivity contribution in [3.05, 3.63) is 11.8 Å². The lowest BCUT2D eigenvalue weighted by molar-refractivity contribution is -0.128. The van der Waals surface area contributed by atoms with Crippen molar-refractivity contribution in [1.29, 1.82) is 0 Å². The molecule has 0 N–H and O–H groups in total. The molecule has 0 aliphatic carbocycles. The molecule has 9 heavy (non-hydrogen) atoms. The maximum Gasteiger partial charge on any atom is 0.233 e. The van der Waals surface area contributed by atoms with Crippen molar-refractivity contribution in [1.82, 2.24) is 4.90 Å². The summed E-state index contributed by atoms with van der Waals surface area (Å²) < 4.78 is 0. The fraction of sp³-hybridized carbons (Fsp3) is 0.571. The van der Waals surface area contributed by atoms with Crippen LogP contribution in [0.4, 0.5) is 0 Å². The Morgan fingerprint density at radius 3 is 2.33 bits per heavy atom. The fourth-order valence-electron chi connectivity index (χ4n) is 1.02. The molecule has 1 rings (SSSR count). The molecule has 0 bridgehead atoms. The highest BCUT2D eigenvalue weighted by atomic mass is 16.2. The van der Waals surface area contributed by atoms with Gasteiger partial charge in [0.1, 0.15) is 0 Å². The van der Waals surface area contributed by atoms with Crippen molar-refractivity contribution >= 4 is 5.91 Å². The summed E-state index contributed by atoms with van der Waals surface area (Å²) in [6.07, 6.45) is 1.97. The van der Waals surface area contributed by atoms with Crippen LogP contribution in [-0.2, 0) is 4.79 Å². The Kier molecular flexibility index (Phi) is 1.31. The molecule has 2 heteroatoms. The maximum absolute atomic E-state index is 11.0. The number of nitrogens with zero attached hydrogens (tertiary/aromatic N) is 1. The second kappa shape index (κ2) is 1.87. The number of hydrogen-bond acceptors (Lipinski definition) is 1. The molecule has 2 nitrogen and oxygen atoms in total. The molecule has 1 aliphatic heterocycles. The molecule has 0 aromatic heterocycles. The number of carbonyl (C=O) groups excluding carboxylic acids is 1. The van der Waals surface area contributed by atoms with Gasteiger partial charge in [-0.05, 0) is 6.92 Å². The predicted octanol–water partition coefficient (Wildman–Crippen LogP) is 0.998. The van der Waals surface area contributed by atoms with Crippen LogP contribution in [0, 0.1) is 5.92 Å². The molecule has 0 saturated carbocycles. The first-order valence-electron chi connectivity index (χ1n) is 3.09. The number of allylic oxidation sites excluding steroid dienone is 1. The van der Waals surface area contributed by atoms with E-state index in [0.717, 1.165) is 5.70 Å². The van der Waals surface area contributed by atoms with Crippen LogP contribution in [0.5, 0.6) is 0 Å². The van der Waals surface area contributed by atoms with Crippen LogP contribution in [0.1, 0.15) is 13.8 Å². The van der Waals surface area contributed by atoms with E-state index in [1.165, 1.54) is 0 Å². The third-order valence-corrected chi connectivity index (χ3v) is 1.74. The van der Waals surface area contributed by atoms with Crippen LogP contribution in [0.15, 0.2) is 11.8 Å². The Hall–Kier alpha value is -0.790. The minimum atomic E-state index is 0.0926. The highest BCUT2D eigenvalue weighted by Crippen LogP contribution is 2.17. The van der Waals surface area contributed by atoms with E-state index in [9.17, 15) is 4.79 Å². The largest absolute Gasteiger partial charge is 0.319 e. The third kappa shape index (κ3) is 0.846. The van der Waals surface area contributed by atoms with Crippen molar-refractivity contribution in [3.63, 3.8) is 0 Å². The first-order valence-corrected chi connectivity index (χ1v) is 3.09. The van der Waals surface area contributed by atoms with Crippen molar-refractivity contribution in [2.75, 3.05) is 7.05 Å². The van der Waals surface area contributed by atoms with Gasteiger partial charge in [-0.2, -0.15) is 0 Å². The van der Waals surface area contributed by atoms with Crippen LogP contribution < -0.4 is 0 Å². The number of rotatable bonds is 0. The second-order valence-electron chi connectivity index (χ2n) is 2.49. The van der Waals surface area contributed by atoms with Gasteiger partial charge < -0.3 is 4.90 Å². The third-order valence-electron chi connectivity index (χ3n) is 1.74. The van der Waals surface area contributed by atoms with E-state index >= 15 is 0 Å². The minimum Gasteiger partial charge on any atom is -0.319 e. The zero-order chi connectivity index (χ0) is 7.02. The van der Waals surface area contributed by atoms with Gasteiger partial charge in [-0.3, -0.25) is 4.79 Å². The van der Waals surface area contributed by atoms with Crippen LogP contribution in [-0.4, -0.2) is 17.9 Å². The number of hydrogen-bond donors (Lipinski definition) is 0. The Bertz CT molecular complexity index is 172. The highest BCUT2D eigenvalue weighted by molar-refractivity contribution is 5.84. The van der Waals surface area contributed by atoms with Gasteiger partial charge in [0.15, 0.2) is 0 Å². The van der Waals surface area contributed by atoms with Gasteiger partial charge in [0.25, 0.3) is 0 Å². The van der Waals surface area contributed by atoms with Crippen molar-refractivity contribution in [2.45, 2.75) is 13.8 Å². The average Bonchev–Trinajstić information content (AvgIpc) is 1.98. The van der Waals surface area contributed by atoms with Crippen molar-refractivity contribution in [2.24, 2.45) is 5.92 Å². The lowest BCUT2D eigenvalue weighted by Crippen LogP contribution is -2.22. The summed E-state index contributed by atoms with van der Waals surface area (Å²) in [4.78, 5) is 12.7. The molecule has 0 aromatic rings. The van der Waals surface area contributed by atoms with E-state index in [2.05, 4.69) is 0 Å². The van der Waals surface area contributed by atoms with Gasteiger partial charge in [0.2, 0.25) is 5.91 Å². The molecule has 1 amide bonds. The van der Waals surface area contributed by atoms with Crippen LogP contribution in [0.25, 0.3) is 0 Å². The first-order chi connectivity index (χ1) is 4.13. The molecular formula is C7H11NO. The quantitative estimate of drug-likeness (QED) is 0.473. The van der Waals surface area contributed by atoms with Gasteiger partial charge in [-0.25, -0.2) is 0 Å².